The van der Waals surface area contributed by atoms with E-state index >= 15 is 0 Å². The quantitative estimate of drug-likeness (QED) is 0.450. The van der Waals surface area contributed by atoms with Gasteiger partial charge in [0, 0.05) is 17.8 Å². The molecule has 6 nitrogen and oxygen atoms in total. The first-order valence-electron chi connectivity index (χ1n) is 6.76. The maximum absolute atomic E-state index is 12.2. The minimum Gasteiger partial charge on any atom is -0.399 e. The average Bonchev–Trinajstić information content (AvgIpc) is 2.46. The Kier molecular flexibility index (Phi) is 5.87. The van der Waals surface area contributed by atoms with Gasteiger partial charge in [-0.15, -0.1) is 0 Å². The highest BCUT2D eigenvalue weighted by Crippen LogP contribution is 2.21. The molecule has 0 bridgehead atoms. The van der Waals surface area contributed by atoms with E-state index in [2.05, 4.69) is 13.2 Å². The fraction of sp³-hybridized carbons (Fsp3) is 0.333. The van der Waals surface area contributed by atoms with E-state index in [1.54, 1.807) is 0 Å². The second-order valence-electron chi connectivity index (χ2n) is 5.16. The Hall–Kier alpha value is -2.15. The number of nitro benzene ring substituents is 1. The molecule has 1 unspecified atom stereocenters. The van der Waals surface area contributed by atoms with E-state index in [0.717, 1.165) is 0 Å². The van der Waals surface area contributed by atoms with Crippen molar-refractivity contribution in [3.05, 3.63) is 58.8 Å². The van der Waals surface area contributed by atoms with E-state index < -0.39 is 14.8 Å². The Morgan fingerprint density at radius 1 is 1.32 bits per heavy atom. The van der Waals surface area contributed by atoms with E-state index in [1.807, 2.05) is 6.92 Å². The number of nitrogens with two attached hydrogens (primary N) is 1. The molecule has 1 aromatic carbocycles. The van der Waals surface area contributed by atoms with Crippen LogP contribution < -0.4 is 5.73 Å². The van der Waals surface area contributed by atoms with Crippen molar-refractivity contribution in [2.45, 2.75) is 24.7 Å². The van der Waals surface area contributed by atoms with Crippen molar-refractivity contribution in [3.8, 4) is 0 Å². The number of rotatable bonds is 8. The SMILES string of the molecule is C=C(N)C(=C)C(C)CCCS(=O)(=O)c1ccc([N+](=O)[O-])cc1. The Morgan fingerprint density at radius 3 is 2.32 bits per heavy atom. The third-order valence-electron chi connectivity index (χ3n) is 3.46. The molecule has 120 valence electrons. The lowest BCUT2D eigenvalue weighted by atomic mass is 9.96. The van der Waals surface area contributed by atoms with Gasteiger partial charge in [-0.3, -0.25) is 10.1 Å². The van der Waals surface area contributed by atoms with Gasteiger partial charge in [-0.05, 0) is 36.5 Å². The van der Waals surface area contributed by atoms with Crippen LogP contribution in [-0.4, -0.2) is 19.1 Å². The molecule has 1 rings (SSSR count). The fourth-order valence-electron chi connectivity index (χ4n) is 1.96. The highest BCUT2D eigenvalue weighted by Gasteiger charge is 2.17. The van der Waals surface area contributed by atoms with Gasteiger partial charge in [0.05, 0.1) is 15.6 Å². The van der Waals surface area contributed by atoms with E-state index in [1.165, 1.54) is 24.3 Å². The lowest BCUT2D eigenvalue weighted by Gasteiger charge is -2.14. The smallest absolute Gasteiger partial charge is 0.269 e. The van der Waals surface area contributed by atoms with Gasteiger partial charge in [-0.25, -0.2) is 8.42 Å². The number of nitrogens with zero attached hydrogens (tertiary/aromatic N) is 1. The summed E-state index contributed by atoms with van der Waals surface area (Å²) in [6.45, 7) is 9.34. The maximum Gasteiger partial charge on any atom is 0.269 e. The molecule has 0 saturated carbocycles. The van der Waals surface area contributed by atoms with E-state index in [-0.39, 0.29) is 22.3 Å². The average molecular weight is 324 g/mol. The maximum atomic E-state index is 12.2. The number of hydrogen-bond donors (Lipinski definition) is 1. The van der Waals surface area contributed by atoms with Crippen molar-refractivity contribution in [1.82, 2.24) is 0 Å². The Morgan fingerprint density at radius 2 is 1.86 bits per heavy atom. The van der Waals surface area contributed by atoms with Gasteiger partial charge in [0.25, 0.3) is 5.69 Å². The van der Waals surface area contributed by atoms with Crippen molar-refractivity contribution in [2.24, 2.45) is 11.7 Å². The number of non-ortho nitro benzene ring substituents is 1. The summed E-state index contributed by atoms with van der Waals surface area (Å²) < 4.78 is 24.3. The van der Waals surface area contributed by atoms with Crippen molar-refractivity contribution >= 4 is 15.5 Å². The fourth-order valence-corrected chi connectivity index (χ4v) is 3.30. The predicted octanol–water partition coefficient (Wildman–Crippen LogP) is 2.81. The van der Waals surface area contributed by atoms with E-state index in [9.17, 15) is 18.5 Å². The molecule has 0 spiro atoms. The molecule has 0 aliphatic carbocycles. The zero-order valence-corrected chi connectivity index (χ0v) is 13.3. The van der Waals surface area contributed by atoms with Crippen LogP contribution in [0.15, 0.2) is 53.6 Å². The molecule has 1 atom stereocenters. The first kappa shape index (κ1) is 17.9. The molecule has 0 saturated heterocycles. The zero-order valence-electron chi connectivity index (χ0n) is 12.5. The third kappa shape index (κ3) is 4.70. The van der Waals surface area contributed by atoms with Crippen LogP contribution in [-0.2, 0) is 9.84 Å². The monoisotopic (exact) mass is 324 g/mol. The number of nitro groups is 1. The highest BCUT2D eigenvalue weighted by atomic mass is 32.2. The van der Waals surface area contributed by atoms with Crippen LogP contribution in [0.5, 0.6) is 0 Å². The molecule has 7 heteroatoms. The lowest BCUT2D eigenvalue weighted by molar-refractivity contribution is -0.384. The van der Waals surface area contributed by atoms with Gasteiger partial charge in [-0.2, -0.15) is 0 Å². The molecule has 0 aliphatic rings. The highest BCUT2D eigenvalue weighted by molar-refractivity contribution is 7.91. The summed E-state index contributed by atoms with van der Waals surface area (Å²) in [5.41, 5.74) is 6.55. The number of benzene rings is 1. The first-order valence-corrected chi connectivity index (χ1v) is 8.41. The van der Waals surface area contributed by atoms with Crippen LogP contribution in [0, 0.1) is 16.0 Å². The van der Waals surface area contributed by atoms with Crippen LogP contribution in [0.25, 0.3) is 0 Å². The van der Waals surface area contributed by atoms with Crippen molar-refractivity contribution in [3.63, 3.8) is 0 Å². The standard InChI is InChI=1S/C15H20N2O4S/c1-11(12(2)13(3)16)5-4-10-22(20,21)15-8-6-14(7-9-15)17(18)19/h6-9,11H,2-5,10,16H2,1H3. The molecule has 0 aromatic heterocycles. The minimum absolute atomic E-state index is 0.0283. The summed E-state index contributed by atoms with van der Waals surface area (Å²) in [6, 6.07) is 4.90. The van der Waals surface area contributed by atoms with Gasteiger partial charge >= 0.3 is 0 Å². The predicted molar refractivity (Wildman–Crippen MR) is 86.0 cm³/mol. The van der Waals surface area contributed by atoms with Crippen LogP contribution in [0.2, 0.25) is 0 Å². The number of hydrogen-bond acceptors (Lipinski definition) is 5. The molecule has 0 heterocycles. The van der Waals surface area contributed by atoms with Crippen molar-refractivity contribution < 1.29 is 13.3 Å². The van der Waals surface area contributed by atoms with Crippen LogP contribution in [0.1, 0.15) is 19.8 Å². The van der Waals surface area contributed by atoms with Crippen LogP contribution in [0.4, 0.5) is 5.69 Å². The van der Waals surface area contributed by atoms with Gasteiger partial charge in [0.1, 0.15) is 0 Å². The lowest BCUT2D eigenvalue weighted by Crippen LogP contribution is -2.11. The van der Waals surface area contributed by atoms with Gasteiger partial charge in [-0.1, -0.05) is 20.1 Å². The molecule has 1 aromatic rings. The van der Waals surface area contributed by atoms with Crippen molar-refractivity contribution in [2.75, 3.05) is 5.75 Å². The molecule has 2 N–H and O–H groups in total. The summed E-state index contributed by atoms with van der Waals surface area (Å²) in [5, 5.41) is 10.6. The zero-order chi connectivity index (χ0) is 16.9. The summed E-state index contributed by atoms with van der Waals surface area (Å²) in [4.78, 5) is 10.1. The van der Waals surface area contributed by atoms with Crippen molar-refractivity contribution in [1.29, 1.82) is 0 Å². The minimum atomic E-state index is -3.45. The van der Waals surface area contributed by atoms with E-state index in [0.29, 0.717) is 24.1 Å². The summed E-state index contributed by atoms with van der Waals surface area (Å²) in [7, 11) is -3.45. The van der Waals surface area contributed by atoms with Gasteiger partial charge in [0.2, 0.25) is 0 Å². The molecular weight excluding hydrogens is 304 g/mol. The largest absolute Gasteiger partial charge is 0.399 e. The van der Waals surface area contributed by atoms with Gasteiger partial charge in [0.15, 0.2) is 9.84 Å². The second-order valence-corrected chi connectivity index (χ2v) is 7.27. The molecule has 0 radical (unpaired) electrons. The summed E-state index contributed by atoms with van der Waals surface area (Å²) >= 11 is 0. The molecule has 0 fully saturated rings. The molecule has 22 heavy (non-hydrogen) atoms. The third-order valence-corrected chi connectivity index (χ3v) is 5.28. The Bertz CT molecular complexity index is 678. The van der Waals surface area contributed by atoms with Gasteiger partial charge < -0.3 is 5.73 Å². The molecule has 0 amide bonds. The Balaban J connectivity index is 2.66. The van der Waals surface area contributed by atoms with E-state index in [4.69, 9.17) is 5.73 Å². The Labute approximate surface area is 130 Å². The van der Waals surface area contributed by atoms with Crippen LogP contribution >= 0.6 is 0 Å². The second kappa shape index (κ2) is 7.22. The number of sulfone groups is 1. The number of allylic oxidation sites excluding steroid dienone is 1. The molecule has 0 aliphatic heterocycles. The normalized spacial score (nSPS) is 12.6. The molecular formula is C15H20N2O4S. The summed E-state index contributed by atoms with van der Waals surface area (Å²) in [5.74, 6) is 0.0315. The van der Waals surface area contributed by atoms with Crippen LogP contribution in [0.3, 0.4) is 0 Å². The summed E-state index contributed by atoms with van der Waals surface area (Å²) in [6.07, 6.45) is 1.08. The first-order chi connectivity index (χ1) is 10.1. The topological polar surface area (TPSA) is 103 Å².